The van der Waals surface area contributed by atoms with Crippen LogP contribution in [0.5, 0.6) is 23.0 Å². The number of ether oxygens (including phenoxy) is 3. The first-order chi connectivity index (χ1) is 16.9. The molecule has 3 aliphatic rings. The average Bonchev–Trinajstić information content (AvgIpc) is 3.32. The third-order valence-electron chi connectivity index (χ3n) is 6.82. The van der Waals surface area contributed by atoms with E-state index in [9.17, 15) is 13.2 Å². The van der Waals surface area contributed by atoms with Crippen molar-refractivity contribution >= 4 is 12.0 Å². The number of nitrogens with zero attached hydrogens (tertiary/aromatic N) is 1. The van der Waals surface area contributed by atoms with E-state index in [4.69, 9.17) is 18.4 Å². The van der Waals surface area contributed by atoms with Crippen molar-refractivity contribution in [3.63, 3.8) is 0 Å². The van der Waals surface area contributed by atoms with Gasteiger partial charge in [0.05, 0.1) is 24.7 Å². The molecule has 1 unspecified atom stereocenters. The van der Waals surface area contributed by atoms with Gasteiger partial charge in [-0.15, -0.1) is 0 Å². The van der Waals surface area contributed by atoms with E-state index < -0.39 is 11.7 Å². The Kier molecular flexibility index (Phi) is 5.49. The first-order valence-electron chi connectivity index (χ1n) is 11.3. The zero-order valence-electron chi connectivity index (χ0n) is 18.9. The normalized spacial score (nSPS) is 18.5. The van der Waals surface area contributed by atoms with Gasteiger partial charge in [0.25, 0.3) is 0 Å². The zero-order chi connectivity index (χ0) is 24.2. The van der Waals surface area contributed by atoms with Crippen LogP contribution >= 0.6 is 12.0 Å². The molecule has 9 heteroatoms. The molecule has 3 aliphatic heterocycles. The summed E-state index contributed by atoms with van der Waals surface area (Å²) in [4.78, 5) is 3.01. The van der Waals surface area contributed by atoms with Crippen LogP contribution in [0, 0.1) is 0 Å². The molecule has 0 aromatic heterocycles. The number of methoxy groups -OCH3 is 1. The highest BCUT2D eigenvalue weighted by Gasteiger charge is 2.36. The fourth-order valence-electron chi connectivity index (χ4n) is 5.04. The van der Waals surface area contributed by atoms with Gasteiger partial charge in [-0.3, -0.25) is 4.90 Å². The van der Waals surface area contributed by atoms with Gasteiger partial charge in [0.1, 0.15) is 0 Å². The van der Waals surface area contributed by atoms with Crippen molar-refractivity contribution in [3.8, 4) is 23.0 Å². The van der Waals surface area contributed by atoms with Crippen molar-refractivity contribution in [2.75, 3.05) is 20.4 Å². The van der Waals surface area contributed by atoms with Crippen LogP contribution in [0.3, 0.4) is 0 Å². The summed E-state index contributed by atoms with van der Waals surface area (Å²) < 4.78 is 61.5. The lowest BCUT2D eigenvalue weighted by atomic mass is 9.83. The molecular formula is C26H22F3NO4S. The van der Waals surface area contributed by atoms with Gasteiger partial charge in [-0.1, -0.05) is 6.07 Å². The number of hydrogen-bond donors (Lipinski definition) is 0. The van der Waals surface area contributed by atoms with E-state index in [1.54, 1.807) is 7.11 Å². The van der Waals surface area contributed by atoms with E-state index in [-0.39, 0.29) is 12.8 Å². The standard InChI is InChI=1S/C26H22F3NO4S/c1-31-22-7-2-15-10-21-19-12-24-23(32-14-33-24)11-16(19)8-9-30(21)13-20(15)25(22)34-35-18-5-3-17(4-6-18)26(27,28)29/h2-7,11-12,21H,8-10,13-14H2,1H3. The molecule has 35 heavy (non-hydrogen) atoms. The lowest BCUT2D eigenvalue weighted by Crippen LogP contribution is -2.39. The Morgan fingerprint density at radius 1 is 1.00 bits per heavy atom. The maximum atomic E-state index is 12.9. The third kappa shape index (κ3) is 4.06. The fraction of sp³-hybridized carbons (Fsp3) is 0.308. The van der Waals surface area contributed by atoms with E-state index in [1.165, 1.54) is 28.8 Å². The van der Waals surface area contributed by atoms with Crippen LogP contribution in [0.4, 0.5) is 13.2 Å². The van der Waals surface area contributed by atoms with Gasteiger partial charge < -0.3 is 18.4 Å². The minimum Gasteiger partial charge on any atom is -0.493 e. The lowest BCUT2D eigenvalue weighted by Gasteiger charge is -2.42. The molecule has 3 heterocycles. The van der Waals surface area contributed by atoms with Crippen molar-refractivity contribution < 1.29 is 31.6 Å². The highest BCUT2D eigenvalue weighted by atomic mass is 32.2. The molecule has 5 nitrogen and oxygen atoms in total. The Morgan fingerprint density at radius 3 is 2.51 bits per heavy atom. The smallest absolute Gasteiger partial charge is 0.416 e. The van der Waals surface area contributed by atoms with Gasteiger partial charge in [-0.05, 0) is 72.0 Å². The molecule has 1 atom stereocenters. The molecule has 0 bridgehead atoms. The Hall–Kier alpha value is -3.04. The zero-order valence-corrected chi connectivity index (χ0v) is 19.7. The van der Waals surface area contributed by atoms with Crippen LogP contribution in [0.15, 0.2) is 53.4 Å². The molecule has 0 saturated carbocycles. The molecule has 0 fully saturated rings. The summed E-state index contributed by atoms with van der Waals surface area (Å²) in [6.07, 6.45) is -2.64. The number of rotatable bonds is 4. The molecule has 0 amide bonds. The second kappa shape index (κ2) is 8.57. The molecule has 0 saturated heterocycles. The van der Waals surface area contributed by atoms with Crippen LogP contribution in [-0.2, 0) is 25.6 Å². The number of halogens is 3. The van der Waals surface area contributed by atoms with Crippen molar-refractivity contribution in [1.82, 2.24) is 4.90 Å². The molecule has 0 spiro atoms. The third-order valence-corrected chi connectivity index (χ3v) is 7.54. The number of hydrogen-bond acceptors (Lipinski definition) is 6. The summed E-state index contributed by atoms with van der Waals surface area (Å²) >= 11 is 1.03. The molecular weight excluding hydrogens is 479 g/mol. The Morgan fingerprint density at radius 2 is 1.77 bits per heavy atom. The van der Waals surface area contributed by atoms with E-state index in [0.717, 1.165) is 60.6 Å². The second-order valence-corrected chi connectivity index (χ2v) is 9.57. The van der Waals surface area contributed by atoms with Gasteiger partial charge in [0.2, 0.25) is 6.79 Å². The lowest BCUT2D eigenvalue weighted by molar-refractivity contribution is -0.137. The van der Waals surface area contributed by atoms with Gasteiger partial charge in [-0.2, -0.15) is 13.2 Å². The monoisotopic (exact) mass is 501 g/mol. The summed E-state index contributed by atoms with van der Waals surface area (Å²) in [5.41, 5.74) is 4.09. The fourth-order valence-corrected chi connectivity index (χ4v) is 5.65. The summed E-state index contributed by atoms with van der Waals surface area (Å²) in [6.45, 7) is 1.85. The molecule has 182 valence electrons. The van der Waals surface area contributed by atoms with Crippen LogP contribution in [0.25, 0.3) is 0 Å². The van der Waals surface area contributed by atoms with Gasteiger partial charge >= 0.3 is 6.18 Å². The minimum atomic E-state index is -4.37. The van der Waals surface area contributed by atoms with Crippen molar-refractivity contribution in [2.45, 2.75) is 36.5 Å². The Bertz CT molecular complexity index is 1280. The second-order valence-electron chi connectivity index (χ2n) is 8.77. The predicted molar refractivity (Wildman–Crippen MR) is 124 cm³/mol. The first-order valence-corrected chi connectivity index (χ1v) is 12.0. The van der Waals surface area contributed by atoms with E-state index in [1.807, 2.05) is 6.07 Å². The van der Waals surface area contributed by atoms with Crippen molar-refractivity contribution in [1.29, 1.82) is 0 Å². The van der Waals surface area contributed by atoms with Crippen LogP contribution < -0.4 is 18.4 Å². The molecule has 6 rings (SSSR count). The maximum absolute atomic E-state index is 12.9. The van der Waals surface area contributed by atoms with E-state index in [2.05, 4.69) is 23.1 Å². The topological polar surface area (TPSA) is 40.2 Å². The summed E-state index contributed by atoms with van der Waals surface area (Å²) in [5.74, 6) is 2.82. The summed E-state index contributed by atoms with van der Waals surface area (Å²) in [5, 5.41) is 0. The Labute approximate surface area is 204 Å². The molecule has 0 aliphatic carbocycles. The molecule has 0 N–H and O–H groups in total. The van der Waals surface area contributed by atoms with Gasteiger partial charge in [0, 0.05) is 29.6 Å². The minimum absolute atomic E-state index is 0.226. The summed E-state index contributed by atoms with van der Waals surface area (Å²) in [7, 11) is 1.59. The van der Waals surface area contributed by atoms with Crippen LogP contribution in [0.2, 0.25) is 0 Å². The quantitative estimate of drug-likeness (QED) is 0.398. The van der Waals surface area contributed by atoms with Crippen LogP contribution in [-0.4, -0.2) is 25.3 Å². The Balaban J connectivity index is 1.28. The average molecular weight is 502 g/mol. The molecule has 3 aromatic rings. The SMILES string of the molecule is COc1ccc2c(c1OSc1ccc(C(F)(F)F)cc1)CN1CCc3cc4c(cc3C1C2)OCO4. The maximum Gasteiger partial charge on any atom is 0.416 e. The molecule has 3 aromatic carbocycles. The number of alkyl halides is 3. The van der Waals surface area contributed by atoms with Crippen molar-refractivity contribution in [2.24, 2.45) is 0 Å². The molecule has 0 radical (unpaired) electrons. The van der Waals surface area contributed by atoms with Crippen molar-refractivity contribution in [3.05, 3.63) is 76.3 Å². The van der Waals surface area contributed by atoms with Gasteiger partial charge in [0.15, 0.2) is 23.0 Å². The highest BCUT2D eigenvalue weighted by molar-refractivity contribution is 7.95. The number of benzene rings is 3. The first kappa shape index (κ1) is 22.4. The van der Waals surface area contributed by atoms with E-state index in [0.29, 0.717) is 22.9 Å². The van der Waals surface area contributed by atoms with Crippen LogP contribution in [0.1, 0.15) is 33.9 Å². The largest absolute Gasteiger partial charge is 0.493 e. The predicted octanol–water partition coefficient (Wildman–Crippen LogP) is 6.18. The van der Waals surface area contributed by atoms with Gasteiger partial charge in [-0.25, -0.2) is 0 Å². The summed E-state index contributed by atoms with van der Waals surface area (Å²) in [6, 6.07) is 13.4. The number of fused-ring (bicyclic) bond motifs is 5. The van der Waals surface area contributed by atoms with E-state index >= 15 is 0 Å². The highest BCUT2D eigenvalue weighted by Crippen LogP contribution is 2.47.